The van der Waals surface area contributed by atoms with Crippen LogP contribution in [0.3, 0.4) is 0 Å². The third-order valence-corrected chi connectivity index (χ3v) is 10.1. The maximum Gasteiger partial charge on any atom is 0.221 e. The molecule has 0 spiro atoms. The van der Waals surface area contributed by atoms with Crippen molar-refractivity contribution in [3.8, 4) is 17.4 Å². The highest BCUT2D eigenvalue weighted by Gasteiger charge is 2.19. The third-order valence-electron chi connectivity index (χ3n) is 10.1. The number of hydrogen-bond donors (Lipinski definition) is 0. The van der Waals surface area contributed by atoms with Crippen LogP contribution in [0.2, 0.25) is 0 Å². The van der Waals surface area contributed by atoms with E-state index in [4.69, 9.17) is 19.7 Å². The third kappa shape index (κ3) is 4.60. The molecule has 244 valence electrons. The number of ether oxygens (including phenoxy) is 1. The first-order valence-electron chi connectivity index (χ1n) is 17.3. The topological polar surface area (TPSA) is 57.2 Å². The summed E-state index contributed by atoms with van der Waals surface area (Å²) in [4.78, 5) is 14.9. The number of imidazole rings is 1. The number of fused-ring (bicyclic) bond motifs is 10. The molecule has 0 unspecified atom stereocenters. The number of rotatable bonds is 3. The molecule has 0 fully saturated rings. The quantitative estimate of drug-likeness (QED) is 0.189. The Labute approximate surface area is 293 Å². The molecule has 10 aromatic rings. The molecule has 0 saturated heterocycles. The molecular weight excluding hydrogens is 627 g/mol. The lowest BCUT2D eigenvalue weighted by Gasteiger charge is -2.20. The van der Waals surface area contributed by atoms with Gasteiger partial charge in [0.2, 0.25) is 5.88 Å². The summed E-state index contributed by atoms with van der Waals surface area (Å²) in [6.07, 6.45) is 3.78. The Balaban J connectivity index is 1.21. The SMILES string of the molecule is CC(C)(C)c1ccnc(-n2c3ccccc3c3ccc(Oc4ccc5c6ccccc6c6ccccc6c6cccc7ncn(c5n4)c76)cc32)c1. The van der Waals surface area contributed by atoms with E-state index in [-0.39, 0.29) is 5.41 Å². The van der Waals surface area contributed by atoms with Crippen LogP contribution < -0.4 is 4.74 Å². The Morgan fingerprint density at radius 2 is 1.20 bits per heavy atom. The van der Waals surface area contributed by atoms with Gasteiger partial charge in [-0.2, -0.15) is 4.98 Å². The lowest BCUT2D eigenvalue weighted by atomic mass is 9.88. The van der Waals surface area contributed by atoms with E-state index in [0.29, 0.717) is 11.6 Å². The first-order valence-corrected chi connectivity index (χ1v) is 17.3. The zero-order valence-electron chi connectivity index (χ0n) is 28.5. The number of aromatic nitrogens is 5. The van der Waals surface area contributed by atoms with Crippen molar-refractivity contribution >= 4 is 70.8 Å². The molecule has 5 aromatic heterocycles. The molecule has 51 heavy (non-hydrogen) atoms. The van der Waals surface area contributed by atoms with E-state index < -0.39 is 0 Å². The van der Waals surface area contributed by atoms with Crippen molar-refractivity contribution in [1.82, 2.24) is 23.9 Å². The van der Waals surface area contributed by atoms with Crippen molar-refractivity contribution in [1.29, 1.82) is 0 Å². The Morgan fingerprint density at radius 3 is 1.96 bits per heavy atom. The molecule has 0 N–H and O–H groups in total. The number of benzene rings is 5. The minimum absolute atomic E-state index is 0.00954. The van der Waals surface area contributed by atoms with Gasteiger partial charge in [0.05, 0.1) is 22.1 Å². The van der Waals surface area contributed by atoms with E-state index in [0.717, 1.165) is 65.8 Å². The Bertz CT molecular complexity index is 3050. The molecular formula is C45H33N5O. The molecule has 0 amide bonds. The zero-order chi connectivity index (χ0) is 34.3. The van der Waals surface area contributed by atoms with Crippen LogP contribution in [0.1, 0.15) is 26.3 Å². The summed E-state index contributed by atoms with van der Waals surface area (Å²) in [6, 6.07) is 46.6. The first kappa shape index (κ1) is 29.4. The van der Waals surface area contributed by atoms with Gasteiger partial charge in [-0.1, -0.05) is 99.6 Å². The average molecular weight is 660 g/mol. The second kappa shape index (κ2) is 11.0. The van der Waals surface area contributed by atoms with Crippen LogP contribution in [0, 0.1) is 0 Å². The lowest BCUT2D eigenvalue weighted by molar-refractivity contribution is 0.465. The van der Waals surface area contributed by atoms with Gasteiger partial charge in [0.15, 0.2) is 0 Å². The molecule has 0 aliphatic rings. The maximum absolute atomic E-state index is 6.65. The molecule has 0 atom stereocenters. The van der Waals surface area contributed by atoms with Crippen LogP contribution in [0.25, 0.3) is 76.6 Å². The molecule has 6 heteroatoms. The van der Waals surface area contributed by atoms with E-state index in [2.05, 4.69) is 151 Å². The van der Waals surface area contributed by atoms with Crippen LogP contribution in [0.4, 0.5) is 0 Å². The highest BCUT2D eigenvalue weighted by molar-refractivity contribution is 6.20. The first-order chi connectivity index (χ1) is 24.9. The van der Waals surface area contributed by atoms with Gasteiger partial charge >= 0.3 is 0 Å². The van der Waals surface area contributed by atoms with Crippen molar-refractivity contribution in [3.63, 3.8) is 0 Å². The minimum Gasteiger partial charge on any atom is -0.439 e. The van der Waals surface area contributed by atoms with Crippen LogP contribution in [-0.2, 0) is 5.41 Å². The summed E-state index contributed by atoms with van der Waals surface area (Å²) in [5, 5.41) is 9.01. The normalized spacial score (nSPS) is 12.2. The number of pyridine rings is 2. The summed E-state index contributed by atoms with van der Waals surface area (Å²) in [7, 11) is 0. The van der Waals surface area contributed by atoms with Crippen molar-refractivity contribution in [2.24, 2.45) is 0 Å². The molecule has 10 rings (SSSR count). The van der Waals surface area contributed by atoms with E-state index in [1.807, 2.05) is 24.7 Å². The number of hydrogen-bond acceptors (Lipinski definition) is 4. The smallest absolute Gasteiger partial charge is 0.221 e. The van der Waals surface area contributed by atoms with E-state index in [9.17, 15) is 0 Å². The molecule has 0 radical (unpaired) electrons. The summed E-state index contributed by atoms with van der Waals surface area (Å²) in [6.45, 7) is 6.68. The van der Waals surface area contributed by atoms with Crippen LogP contribution in [0.15, 0.2) is 146 Å². The van der Waals surface area contributed by atoms with Gasteiger partial charge in [0.25, 0.3) is 0 Å². The Hall–Kier alpha value is -6.53. The lowest BCUT2D eigenvalue weighted by Crippen LogP contribution is -2.12. The van der Waals surface area contributed by atoms with Gasteiger partial charge in [-0.3, -0.25) is 8.97 Å². The van der Waals surface area contributed by atoms with Crippen molar-refractivity contribution in [2.75, 3.05) is 0 Å². The van der Waals surface area contributed by atoms with E-state index >= 15 is 0 Å². The fourth-order valence-corrected chi connectivity index (χ4v) is 7.62. The van der Waals surface area contributed by atoms with Gasteiger partial charge in [0.1, 0.15) is 23.5 Å². The second-order valence-corrected chi connectivity index (χ2v) is 14.2. The maximum atomic E-state index is 6.65. The van der Waals surface area contributed by atoms with Crippen molar-refractivity contribution < 1.29 is 4.74 Å². The molecule has 0 saturated carbocycles. The highest BCUT2D eigenvalue weighted by atomic mass is 16.5. The van der Waals surface area contributed by atoms with Gasteiger partial charge in [-0.15, -0.1) is 0 Å². The number of nitrogens with zero attached hydrogens (tertiary/aromatic N) is 5. The standard InChI is InChI=1S/C45H33N5O/c1-45(2,3)28-23-24-46-41(25-28)50-39-18-9-8-15-34(39)35-20-19-29(26-40(35)50)51-42-22-21-37-33-14-7-5-12-31(33)30-11-4-6-13-32(30)36-16-10-17-38-43(36)49(27-47-38)44(37)48-42/h4-27H,1-3H3. The van der Waals surface area contributed by atoms with Gasteiger partial charge in [-0.25, -0.2) is 9.97 Å². The Morgan fingerprint density at radius 1 is 0.549 bits per heavy atom. The average Bonchev–Trinajstić information content (AvgIpc) is 3.74. The van der Waals surface area contributed by atoms with Gasteiger partial charge in [-0.05, 0) is 75.0 Å². The summed E-state index contributed by atoms with van der Waals surface area (Å²) in [5.41, 5.74) is 6.03. The molecule has 6 nitrogen and oxygen atoms in total. The summed E-state index contributed by atoms with van der Waals surface area (Å²) < 4.78 is 11.0. The minimum atomic E-state index is -0.00954. The predicted octanol–water partition coefficient (Wildman–Crippen LogP) is 11.5. The predicted molar refractivity (Wildman–Crippen MR) is 209 cm³/mol. The van der Waals surface area contributed by atoms with E-state index in [1.54, 1.807) is 0 Å². The highest BCUT2D eigenvalue weighted by Crippen LogP contribution is 2.37. The molecule has 5 heterocycles. The fraction of sp³-hybridized carbons (Fsp3) is 0.0889. The molecule has 0 bridgehead atoms. The van der Waals surface area contributed by atoms with Gasteiger partial charge < -0.3 is 4.74 Å². The zero-order valence-corrected chi connectivity index (χ0v) is 28.5. The monoisotopic (exact) mass is 659 g/mol. The molecule has 0 aliphatic heterocycles. The van der Waals surface area contributed by atoms with E-state index in [1.165, 1.54) is 16.3 Å². The van der Waals surface area contributed by atoms with Crippen molar-refractivity contribution in [2.45, 2.75) is 26.2 Å². The van der Waals surface area contributed by atoms with Crippen LogP contribution >= 0.6 is 0 Å². The van der Waals surface area contributed by atoms with Gasteiger partial charge in [0, 0.05) is 39.9 Å². The van der Waals surface area contributed by atoms with Crippen LogP contribution in [-0.4, -0.2) is 23.9 Å². The molecule has 5 aromatic carbocycles. The number of para-hydroxylation sites is 2. The largest absolute Gasteiger partial charge is 0.439 e. The second-order valence-electron chi connectivity index (χ2n) is 14.2. The summed E-state index contributed by atoms with van der Waals surface area (Å²) in [5.74, 6) is 2.07. The van der Waals surface area contributed by atoms with Crippen molar-refractivity contribution in [3.05, 3.63) is 152 Å². The summed E-state index contributed by atoms with van der Waals surface area (Å²) >= 11 is 0. The Kier molecular flexibility index (Phi) is 6.33. The molecule has 0 aliphatic carbocycles. The van der Waals surface area contributed by atoms with Crippen LogP contribution in [0.5, 0.6) is 11.6 Å². The fourth-order valence-electron chi connectivity index (χ4n) is 7.62.